The predicted molar refractivity (Wildman–Crippen MR) is 38.3 cm³/mol. The van der Waals surface area contributed by atoms with Gasteiger partial charge in [-0.2, -0.15) is 0 Å². The van der Waals surface area contributed by atoms with Crippen LogP contribution in [0.4, 0.5) is 0 Å². The van der Waals surface area contributed by atoms with Crippen LogP contribution in [0.1, 0.15) is 13.8 Å². The van der Waals surface area contributed by atoms with Gasteiger partial charge >= 0.3 is 6.48 Å². The SMILES string of the molecule is COC(OC)OC=C(C)C. The third-order valence-corrected chi connectivity index (χ3v) is 0.800. The lowest BCUT2D eigenvalue weighted by Crippen LogP contribution is -2.14. The Balaban J connectivity index is 3.54. The molecule has 10 heavy (non-hydrogen) atoms. The molecule has 0 aromatic rings. The van der Waals surface area contributed by atoms with Crippen molar-refractivity contribution in [2.45, 2.75) is 20.3 Å². The average molecular weight is 146 g/mol. The third-order valence-electron chi connectivity index (χ3n) is 0.800. The smallest absolute Gasteiger partial charge is 0.314 e. The van der Waals surface area contributed by atoms with Gasteiger partial charge in [0, 0.05) is 14.2 Å². The quantitative estimate of drug-likeness (QED) is 0.444. The Labute approximate surface area is 61.6 Å². The Hall–Kier alpha value is -0.540. The fraction of sp³-hybridized carbons (Fsp3) is 0.714. The van der Waals surface area contributed by atoms with E-state index in [0.29, 0.717) is 0 Å². The van der Waals surface area contributed by atoms with E-state index in [9.17, 15) is 0 Å². The molecule has 0 unspecified atom stereocenters. The van der Waals surface area contributed by atoms with Gasteiger partial charge in [-0.15, -0.1) is 0 Å². The van der Waals surface area contributed by atoms with Crippen LogP contribution in [0.15, 0.2) is 11.8 Å². The number of methoxy groups -OCH3 is 2. The molecule has 0 bridgehead atoms. The molecule has 0 aliphatic rings. The Morgan fingerprint density at radius 1 is 1.20 bits per heavy atom. The van der Waals surface area contributed by atoms with Crippen molar-refractivity contribution >= 4 is 0 Å². The molecule has 0 rings (SSSR count). The summed E-state index contributed by atoms with van der Waals surface area (Å²) in [7, 11) is 3.04. The van der Waals surface area contributed by atoms with Gasteiger partial charge in [-0.1, -0.05) is 0 Å². The normalized spacial score (nSPS) is 9.70. The molecule has 3 heteroatoms. The van der Waals surface area contributed by atoms with E-state index in [-0.39, 0.29) is 0 Å². The molecule has 0 N–H and O–H groups in total. The van der Waals surface area contributed by atoms with Crippen molar-refractivity contribution in [2.24, 2.45) is 0 Å². The van der Waals surface area contributed by atoms with Gasteiger partial charge in [-0.05, 0) is 19.4 Å². The Morgan fingerprint density at radius 3 is 2.00 bits per heavy atom. The summed E-state index contributed by atoms with van der Waals surface area (Å²) >= 11 is 0. The van der Waals surface area contributed by atoms with E-state index >= 15 is 0 Å². The van der Waals surface area contributed by atoms with Crippen LogP contribution < -0.4 is 0 Å². The molecule has 0 aliphatic carbocycles. The summed E-state index contributed by atoms with van der Waals surface area (Å²) in [5, 5.41) is 0. The molecular formula is C7H14O3. The third kappa shape index (κ3) is 4.35. The van der Waals surface area contributed by atoms with E-state index in [1.165, 1.54) is 14.2 Å². The molecule has 0 heterocycles. The fourth-order valence-electron chi connectivity index (χ4n) is 0.399. The van der Waals surface area contributed by atoms with E-state index in [0.717, 1.165) is 5.57 Å². The number of hydrogen-bond donors (Lipinski definition) is 0. The summed E-state index contributed by atoms with van der Waals surface area (Å²) in [6.45, 7) is 3.28. The van der Waals surface area contributed by atoms with Crippen LogP contribution in [-0.2, 0) is 14.2 Å². The molecule has 0 atom stereocenters. The van der Waals surface area contributed by atoms with E-state index < -0.39 is 6.48 Å². The van der Waals surface area contributed by atoms with Gasteiger partial charge in [0.1, 0.15) is 0 Å². The minimum absolute atomic E-state index is 0.588. The van der Waals surface area contributed by atoms with Gasteiger partial charge < -0.3 is 14.2 Å². The Kier molecular flexibility index (Phi) is 4.98. The number of allylic oxidation sites excluding steroid dienone is 1. The molecule has 0 spiro atoms. The summed E-state index contributed by atoms with van der Waals surface area (Å²) in [6.07, 6.45) is 1.59. The summed E-state index contributed by atoms with van der Waals surface area (Å²) in [5.41, 5.74) is 1.07. The lowest BCUT2D eigenvalue weighted by atomic mass is 10.4. The zero-order chi connectivity index (χ0) is 7.98. The highest BCUT2D eigenvalue weighted by Crippen LogP contribution is 1.97. The first kappa shape index (κ1) is 9.46. The van der Waals surface area contributed by atoms with E-state index in [4.69, 9.17) is 14.2 Å². The maximum atomic E-state index is 5.00. The zero-order valence-corrected chi connectivity index (χ0v) is 6.88. The molecule has 60 valence electrons. The summed E-state index contributed by atoms with van der Waals surface area (Å²) in [5.74, 6) is 0. The van der Waals surface area contributed by atoms with Crippen LogP contribution in [0.3, 0.4) is 0 Å². The van der Waals surface area contributed by atoms with Gasteiger partial charge in [-0.3, -0.25) is 0 Å². The first-order valence-corrected chi connectivity index (χ1v) is 3.05. The van der Waals surface area contributed by atoms with Crippen LogP contribution in [0.2, 0.25) is 0 Å². The van der Waals surface area contributed by atoms with Crippen LogP contribution in [0.5, 0.6) is 0 Å². The van der Waals surface area contributed by atoms with Gasteiger partial charge in [0.2, 0.25) is 0 Å². The number of rotatable bonds is 4. The largest absolute Gasteiger partial charge is 0.449 e. The van der Waals surface area contributed by atoms with Crippen molar-refractivity contribution in [1.82, 2.24) is 0 Å². The van der Waals surface area contributed by atoms with Gasteiger partial charge in [0.15, 0.2) is 0 Å². The van der Waals surface area contributed by atoms with E-state index in [2.05, 4.69) is 0 Å². The van der Waals surface area contributed by atoms with Gasteiger partial charge in [0.05, 0.1) is 6.26 Å². The van der Waals surface area contributed by atoms with E-state index in [1.807, 2.05) is 13.8 Å². The predicted octanol–water partition coefficient (Wildman–Crippen LogP) is 1.50. The monoisotopic (exact) mass is 146 g/mol. The molecule has 0 aliphatic heterocycles. The fourth-order valence-corrected chi connectivity index (χ4v) is 0.399. The second-order valence-electron chi connectivity index (χ2n) is 2.09. The molecule has 0 aromatic carbocycles. The molecule has 0 radical (unpaired) electrons. The van der Waals surface area contributed by atoms with Crippen molar-refractivity contribution in [3.05, 3.63) is 11.8 Å². The second-order valence-corrected chi connectivity index (χ2v) is 2.09. The summed E-state index contributed by atoms with van der Waals surface area (Å²) < 4.78 is 14.5. The Morgan fingerprint density at radius 2 is 1.70 bits per heavy atom. The van der Waals surface area contributed by atoms with Crippen LogP contribution in [-0.4, -0.2) is 20.7 Å². The summed E-state index contributed by atoms with van der Waals surface area (Å²) in [4.78, 5) is 0. The number of hydrogen-bond acceptors (Lipinski definition) is 3. The zero-order valence-electron chi connectivity index (χ0n) is 6.88. The lowest BCUT2D eigenvalue weighted by molar-refractivity contribution is -0.240. The number of ether oxygens (including phenoxy) is 3. The van der Waals surface area contributed by atoms with Crippen molar-refractivity contribution in [3.63, 3.8) is 0 Å². The summed E-state index contributed by atoms with van der Waals surface area (Å²) in [6, 6.07) is 0. The van der Waals surface area contributed by atoms with Crippen molar-refractivity contribution < 1.29 is 14.2 Å². The maximum absolute atomic E-state index is 5.00. The standard InChI is InChI=1S/C7H14O3/c1-6(2)5-10-7(8-3)9-4/h5,7H,1-4H3. The Bertz CT molecular complexity index is 101. The van der Waals surface area contributed by atoms with Crippen molar-refractivity contribution in [1.29, 1.82) is 0 Å². The minimum atomic E-state index is -0.588. The molecule has 0 saturated heterocycles. The molecule has 0 saturated carbocycles. The van der Waals surface area contributed by atoms with Crippen molar-refractivity contribution in [2.75, 3.05) is 14.2 Å². The lowest BCUT2D eigenvalue weighted by Gasteiger charge is -2.11. The topological polar surface area (TPSA) is 27.7 Å². The van der Waals surface area contributed by atoms with E-state index in [1.54, 1.807) is 6.26 Å². The average Bonchev–Trinajstić information content (AvgIpc) is 1.90. The first-order chi connectivity index (χ1) is 4.70. The molecule has 0 aromatic heterocycles. The second kappa shape index (κ2) is 5.26. The minimum Gasteiger partial charge on any atom is -0.449 e. The van der Waals surface area contributed by atoms with Gasteiger partial charge in [-0.25, -0.2) is 0 Å². The molecule has 0 fully saturated rings. The highest BCUT2D eigenvalue weighted by molar-refractivity contribution is 4.86. The first-order valence-electron chi connectivity index (χ1n) is 3.05. The van der Waals surface area contributed by atoms with Gasteiger partial charge in [0.25, 0.3) is 0 Å². The molecule has 0 amide bonds. The van der Waals surface area contributed by atoms with Crippen LogP contribution >= 0.6 is 0 Å². The van der Waals surface area contributed by atoms with Crippen molar-refractivity contribution in [3.8, 4) is 0 Å². The van der Waals surface area contributed by atoms with Crippen LogP contribution in [0, 0.1) is 0 Å². The maximum Gasteiger partial charge on any atom is 0.314 e. The molecular weight excluding hydrogens is 132 g/mol. The highest BCUT2D eigenvalue weighted by atomic mass is 16.8. The highest BCUT2D eigenvalue weighted by Gasteiger charge is 2.00. The molecule has 3 nitrogen and oxygen atoms in total. The van der Waals surface area contributed by atoms with Crippen LogP contribution in [0.25, 0.3) is 0 Å².